The van der Waals surface area contributed by atoms with Crippen LogP contribution in [0.4, 0.5) is 0 Å². The lowest BCUT2D eigenvalue weighted by molar-refractivity contribution is -0.123. The van der Waals surface area contributed by atoms with Crippen LogP contribution in [0.5, 0.6) is 0 Å². The molecule has 2 nitrogen and oxygen atoms in total. The molecule has 0 radical (unpaired) electrons. The molecule has 0 aliphatic carbocycles. The third-order valence-electron chi connectivity index (χ3n) is 2.48. The molecular weight excluding hydrogens is 174 g/mol. The standard InChI is InChI=1S/C12H17NO/c1-3-5-6-10(4-2)11-7-8-13-12(14)9-11/h3-6,11H,1,7-9H2,2H3,(H,13,14)/b6-5-,10-4+. The average Bonchev–Trinajstić information content (AvgIpc) is 2.19. The molecule has 1 N–H and O–H groups in total. The van der Waals surface area contributed by atoms with E-state index in [1.807, 2.05) is 19.1 Å². The minimum absolute atomic E-state index is 0.160. The molecule has 1 amide bonds. The topological polar surface area (TPSA) is 29.1 Å². The molecular formula is C12H17NO. The Morgan fingerprint density at radius 3 is 3.00 bits per heavy atom. The van der Waals surface area contributed by atoms with Crippen molar-refractivity contribution in [3.05, 3.63) is 36.5 Å². The van der Waals surface area contributed by atoms with Gasteiger partial charge in [0.2, 0.25) is 5.91 Å². The van der Waals surface area contributed by atoms with Crippen LogP contribution >= 0.6 is 0 Å². The summed E-state index contributed by atoms with van der Waals surface area (Å²) in [5.41, 5.74) is 1.24. The van der Waals surface area contributed by atoms with Crippen LogP contribution < -0.4 is 5.32 Å². The molecule has 14 heavy (non-hydrogen) atoms. The highest BCUT2D eigenvalue weighted by Crippen LogP contribution is 2.22. The van der Waals surface area contributed by atoms with Crippen molar-refractivity contribution in [2.75, 3.05) is 6.54 Å². The molecule has 1 fully saturated rings. The van der Waals surface area contributed by atoms with E-state index >= 15 is 0 Å². The molecule has 1 unspecified atom stereocenters. The highest BCUT2D eigenvalue weighted by molar-refractivity contribution is 5.77. The number of carbonyl (C=O) groups is 1. The number of carbonyl (C=O) groups excluding carboxylic acids is 1. The molecule has 0 aromatic heterocycles. The fourth-order valence-corrected chi connectivity index (χ4v) is 1.72. The molecule has 0 saturated carbocycles. The normalized spacial score (nSPS) is 23.6. The van der Waals surface area contributed by atoms with Gasteiger partial charge in [-0.2, -0.15) is 0 Å². The maximum atomic E-state index is 11.2. The second-order valence-corrected chi connectivity index (χ2v) is 3.42. The van der Waals surface area contributed by atoms with Gasteiger partial charge in [-0.15, -0.1) is 0 Å². The van der Waals surface area contributed by atoms with Gasteiger partial charge in [-0.25, -0.2) is 0 Å². The number of allylic oxidation sites excluding steroid dienone is 5. The Morgan fingerprint density at radius 2 is 2.43 bits per heavy atom. The van der Waals surface area contributed by atoms with Crippen molar-refractivity contribution in [2.45, 2.75) is 19.8 Å². The van der Waals surface area contributed by atoms with Crippen molar-refractivity contribution in [3.63, 3.8) is 0 Å². The van der Waals surface area contributed by atoms with E-state index < -0.39 is 0 Å². The van der Waals surface area contributed by atoms with E-state index in [1.165, 1.54) is 5.57 Å². The summed E-state index contributed by atoms with van der Waals surface area (Å²) >= 11 is 0. The van der Waals surface area contributed by atoms with Crippen LogP contribution in [0.25, 0.3) is 0 Å². The van der Waals surface area contributed by atoms with Crippen LogP contribution in [0, 0.1) is 5.92 Å². The van der Waals surface area contributed by atoms with Crippen LogP contribution in [0.2, 0.25) is 0 Å². The van der Waals surface area contributed by atoms with Crippen molar-refractivity contribution >= 4 is 5.91 Å². The van der Waals surface area contributed by atoms with Crippen LogP contribution in [-0.2, 0) is 4.79 Å². The Balaban J connectivity index is 2.64. The number of piperidine rings is 1. The molecule has 0 aromatic carbocycles. The van der Waals surface area contributed by atoms with Gasteiger partial charge in [-0.05, 0) is 24.8 Å². The Kier molecular flexibility index (Phi) is 4.17. The third kappa shape index (κ3) is 2.87. The lowest BCUT2D eigenvalue weighted by atomic mass is 9.89. The molecule has 2 heteroatoms. The van der Waals surface area contributed by atoms with Gasteiger partial charge in [0, 0.05) is 13.0 Å². The van der Waals surface area contributed by atoms with Crippen LogP contribution in [-0.4, -0.2) is 12.5 Å². The van der Waals surface area contributed by atoms with E-state index in [0.29, 0.717) is 12.3 Å². The van der Waals surface area contributed by atoms with E-state index in [1.54, 1.807) is 6.08 Å². The smallest absolute Gasteiger partial charge is 0.220 e. The third-order valence-corrected chi connectivity index (χ3v) is 2.48. The molecule has 1 aliphatic heterocycles. The lowest BCUT2D eigenvalue weighted by Gasteiger charge is -2.22. The van der Waals surface area contributed by atoms with Crippen molar-refractivity contribution in [1.29, 1.82) is 0 Å². The highest BCUT2D eigenvalue weighted by atomic mass is 16.1. The maximum absolute atomic E-state index is 11.2. The summed E-state index contributed by atoms with van der Waals surface area (Å²) in [4.78, 5) is 11.2. The summed E-state index contributed by atoms with van der Waals surface area (Å²) in [6, 6.07) is 0. The summed E-state index contributed by atoms with van der Waals surface area (Å²) in [6.07, 6.45) is 9.43. The van der Waals surface area contributed by atoms with E-state index in [0.717, 1.165) is 13.0 Å². The molecule has 1 heterocycles. The summed E-state index contributed by atoms with van der Waals surface area (Å²) in [6.45, 7) is 6.44. The minimum atomic E-state index is 0.160. The Bertz CT molecular complexity index is 276. The second-order valence-electron chi connectivity index (χ2n) is 3.42. The van der Waals surface area contributed by atoms with E-state index in [9.17, 15) is 4.79 Å². The number of nitrogens with one attached hydrogen (secondary N) is 1. The van der Waals surface area contributed by atoms with Gasteiger partial charge in [-0.3, -0.25) is 4.79 Å². The number of hydrogen-bond acceptors (Lipinski definition) is 1. The molecule has 1 atom stereocenters. The first kappa shape index (κ1) is 10.8. The first-order valence-electron chi connectivity index (χ1n) is 5.00. The predicted octanol–water partition coefficient (Wildman–Crippen LogP) is 2.20. The quantitative estimate of drug-likeness (QED) is 0.681. The van der Waals surface area contributed by atoms with Gasteiger partial charge in [0.25, 0.3) is 0 Å². The fourth-order valence-electron chi connectivity index (χ4n) is 1.72. The van der Waals surface area contributed by atoms with Gasteiger partial charge in [0.1, 0.15) is 0 Å². The minimum Gasteiger partial charge on any atom is -0.356 e. The summed E-state index contributed by atoms with van der Waals surface area (Å²) < 4.78 is 0. The number of amides is 1. The maximum Gasteiger partial charge on any atom is 0.220 e. The fraction of sp³-hybridized carbons (Fsp3) is 0.417. The summed E-state index contributed by atoms with van der Waals surface area (Å²) in [5, 5.41) is 2.84. The highest BCUT2D eigenvalue weighted by Gasteiger charge is 2.20. The SMILES string of the molecule is C=C/C=C\C(=C/C)C1CCNC(=O)C1. The molecule has 0 bridgehead atoms. The molecule has 1 aliphatic rings. The van der Waals surface area contributed by atoms with Crippen LogP contribution in [0.1, 0.15) is 19.8 Å². The van der Waals surface area contributed by atoms with Crippen molar-refractivity contribution < 1.29 is 4.79 Å². The van der Waals surface area contributed by atoms with Crippen molar-refractivity contribution in [2.24, 2.45) is 5.92 Å². The van der Waals surface area contributed by atoms with Crippen LogP contribution in [0.15, 0.2) is 36.5 Å². The Hall–Kier alpha value is -1.31. The molecule has 0 aromatic rings. The number of rotatable bonds is 3. The zero-order chi connectivity index (χ0) is 10.4. The van der Waals surface area contributed by atoms with Gasteiger partial charge < -0.3 is 5.32 Å². The Morgan fingerprint density at radius 1 is 1.64 bits per heavy atom. The average molecular weight is 191 g/mol. The van der Waals surface area contributed by atoms with E-state index in [4.69, 9.17) is 0 Å². The van der Waals surface area contributed by atoms with E-state index in [2.05, 4.69) is 18.0 Å². The first-order chi connectivity index (χ1) is 6.77. The monoisotopic (exact) mass is 191 g/mol. The second kappa shape index (κ2) is 5.43. The molecule has 76 valence electrons. The number of hydrogen-bond donors (Lipinski definition) is 1. The van der Waals surface area contributed by atoms with Gasteiger partial charge >= 0.3 is 0 Å². The van der Waals surface area contributed by atoms with E-state index in [-0.39, 0.29) is 5.91 Å². The summed E-state index contributed by atoms with van der Waals surface area (Å²) in [7, 11) is 0. The van der Waals surface area contributed by atoms with Gasteiger partial charge in [-0.1, -0.05) is 30.9 Å². The van der Waals surface area contributed by atoms with Gasteiger partial charge in [0.05, 0.1) is 0 Å². The lowest BCUT2D eigenvalue weighted by Crippen LogP contribution is -2.33. The zero-order valence-corrected chi connectivity index (χ0v) is 8.62. The largest absolute Gasteiger partial charge is 0.356 e. The molecule has 0 spiro atoms. The predicted molar refractivity (Wildman–Crippen MR) is 58.8 cm³/mol. The van der Waals surface area contributed by atoms with Crippen molar-refractivity contribution in [3.8, 4) is 0 Å². The van der Waals surface area contributed by atoms with Gasteiger partial charge in [0.15, 0.2) is 0 Å². The zero-order valence-electron chi connectivity index (χ0n) is 8.62. The van der Waals surface area contributed by atoms with Crippen molar-refractivity contribution in [1.82, 2.24) is 5.32 Å². The summed E-state index contributed by atoms with van der Waals surface area (Å²) in [5.74, 6) is 0.539. The van der Waals surface area contributed by atoms with Crippen LogP contribution in [0.3, 0.4) is 0 Å². The molecule has 1 rings (SSSR count). The molecule has 1 saturated heterocycles. The Labute approximate surface area is 85.4 Å². The first-order valence-corrected chi connectivity index (χ1v) is 5.00.